The van der Waals surface area contributed by atoms with E-state index in [-0.39, 0.29) is 40.0 Å². The maximum absolute atomic E-state index is 13.5. The van der Waals surface area contributed by atoms with Gasteiger partial charge in [-0.25, -0.2) is 27.4 Å². The molecule has 1 saturated heterocycles. The molecule has 1 aromatic heterocycles. The van der Waals surface area contributed by atoms with Crippen LogP contribution in [0.3, 0.4) is 0 Å². The molecule has 1 amide bonds. The smallest absolute Gasteiger partial charge is 0.435 e. The first kappa shape index (κ1) is 34.7. The van der Waals surface area contributed by atoms with Crippen molar-refractivity contribution in [3.05, 3.63) is 107 Å². The Bertz CT molecular complexity index is 1940. The highest BCUT2D eigenvalue weighted by atomic mass is 32.2. The number of aryl methyl sites for hydroxylation is 1. The Morgan fingerprint density at radius 2 is 1.76 bits per heavy atom. The molecule has 258 valence electrons. The van der Waals surface area contributed by atoms with Gasteiger partial charge in [-0.1, -0.05) is 48.0 Å². The fraction of sp³-hybridized carbons (Fsp3) is 0.258. The van der Waals surface area contributed by atoms with Crippen LogP contribution >= 0.6 is 0 Å². The van der Waals surface area contributed by atoms with Crippen molar-refractivity contribution >= 4 is 22.1 Å². The van der Waals surface area contributed by atoms with E-state index in [1.54, 1.807) is 47.2 Å². The number of rotatable bonds is 11. The molecule has 1 aliphatic heterocycles. The van der Waals surface area contributed by atoms with Crippen LogP contribution in [0.25, 0.3) is 16.9 Å². The number of esters is 1. The molecule has 14 nitrogen and oxygen atoms in total. The Morgan fingerprint density at radius 1 is 1.08 bits per heavy atom. The van der Waals surface area contributed by atoms with Gasteiger partial charge in [0.25, 0.3) is 16.3 Å². The van der Waals surface area contributed by atoms with E-state index in [1.165, 1.54) is 31.2 Å². The molecule has 1 unspecified atom stereocenters. The van der Waals surface area contributed by atoms with Gasteiger partial charge in [-0.3, -0.25) is 4.84 Å². The topological polar surface area (TPSA) is 167 Å². The molecule has 18 heteroatoms. The third kappa shape index (κ3) is 8.45. The van der Waals surface area contributed by atoms with E-state index < -0.39 is 46.3 Å². The first-order valence-corrected chi connectivity index (χ1v) is 16.1. The second-order valence-corrected chi connectivity index (χ2v) is 12.5. The number of aromatic nitrogens is 2. The summed E-state index contributed by atoms with van der Waals surface area (Å²) >= 11 is 0. The number of carbonyl (C=O) groups is 2. The number of hydrogen-bond acceptors (Lipinski definition) is 10. The number of sulfonamides is 1. The van der Waals surface area contributed by atoms with Crippen LogP contribution < -0.4 is 4.72 Å². The highest BCUT2D eigenvalue weighted by Gasteiger charge is 2.37. The molecule has 3 aromatic carbocycles. The minimum absolute atomic E-state index is 0.0993. The lowest BCUT2D eigenvalue weighted by Gasteiger charge is -2.34. The lowest BCUT2D eigenvalue weighted by atomic mass is 10.1. The van der Waals surface area contributed by atoms with Gasteiger partial charge in [0.05, 0.1) is 33.4 Å². The minimum atomic E-state index is -4.72. The summed E-state index contributed by atoms with van der Waals surface area (Å²) in [5.74, 6) is -0.683. The lowest BCUT2D eigenvalue weighted by molar-refractivity contribution is -0.734. The number of nitrogens with one attached hydrogen (secondary N) is 1. The predicted molar refractivity (Wildman–Crippen MR) is 164 cm³/mol. The van der Waals surface area contributed by atoms with Gasteiger partial charge in [-0.05, 0) is 55.8 Å². The number of ether oxygens (including phenoxy) is 2. The molecule has 5 rings (SSSR count). The standard InChI is InChI=1S/C31H29F3N6O8S/c1-20-8-10-22(11-9-20)27-18-28(31(32,33)34)35-39(27)24-12-14-26(15-13-24)49(44,45)36-30(42)46-19-25-16-17-38(25)40(43)37-48-21(2)47-29(41)23-6-4-3-5-7-23/h3-15,18,21,25H,16-17,19H2,1-2H3,(H,36,42)/b40-37+/t21?,25-/m0/s1. The van der Waals surface area contributed by atoms with Crippen molar-refractivity contribution in [2.24, 2.45) is 5.28 Å². The summed E-state index contributed by atoms with van der Waals surface area (Å²) in [5.41, 5.74) is 0.775. The molecule has 0 saturated carbocycles. The average Bonchev–Trinajstić information content (AvgIpc) is 3.50. The molecule has 4 aromatic rings. The molecule has 2 heterocycles. The number of nitrogens with zero attached hydrogens (tertiary/aromatic N) is 5. The maximum atomic E-state index is 13.5. The van der Waals surface area contributed by atoms with Crippen LogP contribution in [0.5, 0.6) is 0 Å². The molecule has 0 spiro atoms. The van der Waals surface area contributed by atoms with E-state index in [0.29, 0.717) is 12.0 Å². The van der Waals surface area contributed by atoms with Crippen molar-refractivity contribution in [2.45, 2.75) is 43.7 Å². The van der Waals surface area contributed by atoms with Crippen LogP contribution in [0, 0.1) is 12.1 Å². The van der Waals surface area contributed by atoms with Crippen molar-refractivity contribution < 1.29 is 50.5 Å². The average molecular weight is 703 g/mol. The van der Waals surface area contributed by atoms with Gasteiger partial charge in [0.1, 0.15) is 12.6 Å². The molecular formula is C31H29F3N6O8S. The van der Waals surface area contributed by atoms with Gasteiger partial charge < -0.3 is 14.7 Å². The normalized spacial score (nSPS) is 15.6. The summed E-state index contributed by atoms with van der Waals surface area (Å²) < 4.78 is 79.1. The summed E-state index contributed by atoms with van der Waals surface area (Å²) in [6, 6.07) is 19.8. The molecule has 1 fully saturated rings. The van der Waals surface area contributed by atoms with Crippen molar-refractivity contribution in [1.29, 1.82) is 0 Å². The highest BCUT2D eigenvalue weighted by Crippen LogP contribution is 2.33. The van der Waals surface area contributed by atoms with Crippen LogP contribution in [0.4, 0.5) is 18.0 Å². The molecule has 1 aliphatic rings. The Morgan fingerprint density at radius 3 is 2.37 bits per heavy atom. The number of hydrazine groups is 1. The van der Waals surface area contributed by atoms with Crippen LogP contribution in [0.1, 0.15) is 35.0 Å². The second kappa shape index (κ2) is 14.2. The molecule has 0 aliphatic carbocycles. The largest absolute Gasteiger partial charge is 0.569 e. The number of alkyl halides is 3. The fourth-order valence-corrected chi connectivity index (χ4v) is 5.46. The first-order chi connectivity index (χ1) is 23.2. The fourth-order valence-electron chi connectivity index (χ4n) is 4.57. The number of hydrogen-bond donors (Lipinski definition) is 1. The molecular weight excluding hydrogens is 673 g/mol. The van der Waals surface area contributed by atoms with E-state index in [1.807, 2.05) is 6.92 Å². The van der Waals surface area contributed by atoms with Crippen LogP contribution in [-0.2, 0) is 30.5 Å². The van der Waals surface area contributed by atoms with Crippen LogP contribution in [0.2, 0.25) is 0 Å². The Kier molecular flexibility index (Phi) is 10.1. The molecule has 0 bridgehead atoms. The molecule has 49 heavy (non-hydrogen) atoms. The number of benzene rings is 3. The Labute approximate surface area is 277 Å². The van der Waals surface area contributed by atoms with E-state index in [0.717, 1.165) is 33.5 Å². The van der Waals surface area contributed by atoms with Gasteiger partial charge in [0.2, 0.25) is 5.28 Å². The van der Waals surface area contributed by atoms with Crippen molar-refractivity contribution in [3.63, 3.8) is 0 Å². The van der Waals surface area contributed by atoms with Gasteiger partial charge in [0, 0.05) is 12.5 Å². The van der Waals surface area contributed by atoms with Gasteiger partial charge >= 0.3 is 18.2 Å². The number of carbonyl (C=O) groups excluding carboxylic acids is 2. The number of halogens is 3. The first-order valence-electron chi connectivity index (χ1n) is 14.6. The maximum Gasteiger partial charge on any atom is 0.435 e. The van der Waals surface area contributed by atoms with Crippen molar-refractivity contribution in [2.75, 3.05) is 13.2 Å². The Balaban J connectivity index is 1.16. The predicted octanol–water partition coefficient (Wildman–Crippen LogP) is 5.37. The zero-order valence-electron chi connectivity index (χ0n) is 25.9. The van der Waals surface area contributed by atoms with E-state index in [9.17, 15) is 36.4 Å². The second-order valence-electron chi connectivity index (χ2n) is 10.8. The van der Waals surface area contributed by atoms with Crippen molar-refractivity contribution in [3.8, 4) is 16.9 Å². The Hall–Kier alpha value is -5.65. The third-order valence-electron chi connectivity index (χ3n) is 7.24. The monoisotopic (exact) mass is 702 g/mol. The summed E-state index contributed by atoms with van der Waals surface area (Å²) in [4.78, 5) is 29.1. The van der Waals surface area contributed by atoms with Gasteiger partial charge in [-0.15, -0.1) is 5.01 Å². The summed E-state index contributed by atoms with van der Waals surface area (Å²) in [7, 11) is -4.46. The zero-order chi connectivity index (χ0) is 35.3. The van der Waals surface area contributed by atoms with Crippen LogP contribution in [-0.4, -0.2) is 65.7 Å². The van der Waals surface area contributed by atoms with Gasteiger partial charge in [-0.2, -0.15) is 18.3 Å². The summed E-state index contributed by atoms with van der Waals surface area (Å²) in [6.07, 6.45) is -6.84. The quantitative estimate of drug-likeness (QED) is 0.0706. The molecule has 1 N–H and O–H groups in total. The molecule has 2 atom stereocenters. The van der Waals surface area contributed by atoms with E-state index in [4.69, 9.17) is 14.3 Å². The van der Waals surface area contributed by atoms with Crippen LogP contribution in [0.15, 0.2) is 95.1 Å². The third-order valence-corrected chi connectivity index (χ3v) is 8.57. The number of amides is 1. The zero-order valence-corrected chi connectivity index (χ0v) is 26.7. The van der Waals surface area contributed by atoms with E-state index in [2.05, 4.69) is 10.4 Å². The lowest BCUT2D eigenvalue weighted by Crippen LogP contribution is -2.54. The minimum Gasteiger partial charge on any atom is -0.569 e. The molecule has 0 radical (unpaired) electrons. The summed E-state index contributed by atoms with van der Waals surface area (Å²) in [6.45, 7) is 3.03. The highest BCUT2D eigenvalue weighted by molar-refractivity contribution is 7.90. The SMILES string of the molecule is Cc1ccc(-c2cc(C(F)(F)F)nn2-c2ccc(S(=O)(=O)NC(=O)OC[C@@H]3CCN3/[N+]([O-])=N\OC(C)OC(=O)c3ccccc3)cc2)cc1. The van der Waals surface area contributed by atoms with Crippen molar-refractivity contribution in [1.82, 2.24) is 19.5 Å². The summed E-state index contributed by atoms with van der Waals surface area (Å²) in [5, 5.41) is 20.5. The van der Waals surface area contributed by atoms with Gasteiger partial charge in [0.15, 0.2) is 5.69 Å². The van der Waals surface area contributed by atoms with E-state index >= 15 is 0 Å².